The molecule has 3 rings (SSSR count). The van der Waals surface area contributed by atoms with Gasteiger partial charge in [0.05, 0.1) is 11.4 Å². The number of hydrogen-bond acceptors (Lipinski definition) is 3. The molecule has 0 aliphatic carbocycles. The molecule has 0 bridgehead atoms. The van der Waals surface area contributed by atoms with Gasteiger partial charge in [0, 0.05) is 35.8 Å². The van der Waals surface area contributed by atoms with Gasteiger partial charge in [0.1, 0.15) is 0 Å². The van der Waals surface area contributed by atoms with Crippen molar-refractivity contribution in [2.45, 2.75) is 6.54 Å². The molecule has 2 aromatic carbocycles. The molecule has 0 saturated heterocycles. The SMILES string of the molecule is C=CC(=N)C(=C)c1ccccc1NCc1ccc(-n2cccn2)cc1. The van der Waals surface area contributed by atoms with Gasteiger partial charge >= 0.3 is 0 Å². The maximum Gasteiger partial charge on any atom is 0.0645 e. The van der Waals surface area contributed by atoms with Gasteiger partial charge in [-0.1, -0.05) is 43.5 Å². The Balaban J connectivity index is 1.73. The third-order valence-electron chi connectivity index (χ3n) is 3.97. The Labute approximate surface area is 147 Å². The van der Waals surface area contributed by atoms with Gasteiger partial charge in [-0.15, -0.1) is 0 Å². The first-order chi connectivity index (χ1) is 12.2. The summed E-state index contributed by atoms with van der Waals surface area (Å²) in [6, 6.07) is 18.0. The second-order valence-electron chi connectivity index (χ2n) is 5.61. The third kappa shape index (κ3) is 3.75. The fourth-order valence-corrected chi connectivity index (χ4v) is 2.55. The van der Waals surface area contributed by atoms with Crippen molar-refractivity contribution in [3.8, 4) is 5.69 Å². The standard InChI is InChI=1S/C21H20N4/c1-3-20(22)16(2)19-7-4-5-8-21(19)23-15-17-9-11-18(12-10-17)25-14-6-13-24-25/h3-14,22-23H,1-2,15H2. The summed E-state index contributed by atoms with van der Waals surface area (Å²) in [7, 11) is 0. The molecule has 124 valence electrons. The Bertz CT molecular complexity index is 890. The molecule has 25 heavy (non-hydrogen) atoms. The minimum Gasteiger partial charge on any atom is -0.380 e. The highest BCUT2D eigenvalue weighted by Crippen LogP contribution is 2.24. The highest BCUT2D eigenvalue weighted by atomic mass is 15.3. The predicted octanol–water partition coefficient (Wildman–Crippen LogP) is 4.70. The van der Waals surface area contributed by atoms with Crippen LogP contribution in [0.4, 0.5) is 5.69 Å². The molecular formula is C21H20N4. The van der Waals surface area contributed by atoms with Crippen LogP contribution in [0.1, 0.15) is 11.1 Å². The number of hydrogen-bond donors (Lipinski definition) is 2. The summed E-state index contributed by atoms with van der Waals surface area (Å²) < 4.78 is 1.83. The topological polar surface area (TPSA) is 53.7 Å². The summed E-state index contributed by atoms with van der Waals surface area (Å²) in [5.41, 5.74) is 5.05. The molecule has 0 atom stereocenters. The Kier molecular flexibility index (Phi) is 4.90. The lowest BCUT2D eigenvalue weighted by atomic mass is 10.0. The molecule has 4 nitrogen and oxygen atoms in total. The summed E-state index contributed by atoms with van der Waals surface area (Å²) in [5.74, 6) is 0. The molecule has 4 heteroatoms. The monoisotopic (exact) mass is 328 g/mol. The van der Waals surface area contributed by atoms with Crippen LogP contribution >= 0.6 is 0 Å². The van der Waals surface area contributed by atoms with Crippen LogP contribution in [0.5, 0.6) is 0 Å². The number of allylic oxidation sites excluding steroid dienone is 2. The van der Waals surface area contributed by atoms with Crippen molar-refractivity contribution in [1.82, 2.24) is 9.78 Å². The van der Waals surface area contributed by atoms with E-state index in [1.807, 2.05) is 53.3 Å². The molecular weight excluding hydrogens is 308 g/mol. The normalized spacial score (nSPS) is 10.2. The van der Waals surface area contributed by atoms with E-state index in [2.05, 4.69) is 35.7 Å². The van der Waals surface area contributed by atoms with Crippen LogP contribution in [0.3, 0.4) is 0 Å². The van der Waals surface area contributed by atoms with Crippen LogP contribution in [0, 0.1) is 5.41 Å². The van der Waals surface area contributed by atoms with Gasteiger partial charge in [-0.2, -0.15) is 5.10 Å². The van der Waals surface area contributed by atoms with Crippen LogP contribution in [0.25, 0.3) is 11.3 Å². The van der Waals surface area contributed by atoms with E-state index < -0.39 is 0 Å². The molecule has 0 aliphatic heterocycles. The molecule has 0 spiro atoms. The first kappa shape index (κ1) is 16.5. The van der Waals surface area contributed by atoms with Gasteiger partial charge in [0.15, 0.2) is 0 Å². The van der Waals surface area contributed by atoms with Crippen LogP contribution < -0.4 is 5.32 Å². The quantitative estimate of drug-likeness (QED) is 0.618. The summed E-state index contributed by atoms with van der Waals surface area (Å²) in [4.78, 5) is 0. The summed E-state index contributed by atoms with van der Waals surface area (Å²) >= 11 is 0. The lowest BCUT2D eigenvalue weighted by Gasteiger charge is -2.14. The van der Waals surface area contributed by atoms with Gasteiger partial charge < -0.3 is 10.7 Å². The van der Waals surface area contributed by atoms with Crippen LogP contribution in [-0.2, 0) is 6.54 Å². The third-order valence-corrected chi connectivity index (χ3v) is 3.97. The molecule has 0 fully saturated rings. The second kappa shape index (κ2) is 7.45. The largest absolute Gasteiger partial charge is 0.380 e. The molecule has 0 radical (unpaired) electrons. The average Bonchev–Trinajstić information content (AvgIpc) is 3.20. The van der Waals surface area contributed by atoms with Crippen molar-refractivity contribution < 1.29 is 0 Å². The van der Waals surface area contributed by atoms with E-state index >= 15 is 0 Å². The Morgan fingerprint density at radius 1 is 1.12 bits per heavy atom. The molecule has 3 aromatic rings. The zero-order valence-corrected chi connectivity index (χ0v) is 13.9. The molecule has 1 heterocycles. The summed E-state index contributed by atoms with van der Waals surface area (Å²) in [6.07, 6.45) is 5.19. The van der Waals surface area contributed by atoms with Crippen molar-refractivity contribution in [3.63, 3.8) is 0 Å². The number of nitrogens with zero attached hydrogens (tertiary/aromatic N) is 2. The van der Waals surface area contributed by atoms with Crippen LogP contribution in [0.15, 0.2) is 86.2 Å². The zero-order chi connectivity index (χ0) is 17.6. The number of aromatic nitrogens is 2. The minimum absolute atomic E-state index is 0.331. The zero-order valence-electron chi connectivity index (χ0n) is 13.9. The molecule has 0 unspecified atom stereocenters. The average molecular weight is 328 g/mol. The van der Waals surface area contributed by atoms with Crippen LogP contribution in [0.2, 0.25) is 0 Å². The van der Waals surface area contributed by atoms with E-state index in [1.54, 1.807) is 6.20 Å². The number of para-hydroxylation sites is 1. The summed E-state index contributed by atoms with van der Waals surface area (Å²) in [5, 5.41) is 15.6. The number of benzene rings is 2. The van der Waals surface area contributed by atoms with Gasteiger partial charge in [-0.25, -0.2) is 4.68 Å². The fraction of sp³-hybridized carbons (Fsp3) is 0.0476. The maximum atomic E-state index is 7.91. The van der Waals surface area contributed by atoms with Crippen molar-refractivity contribution in [3.05, 3.63) is 97.4 Å². The smallest absolute Gasteiger partial charge is 0.0645 e. The lowest BCUT2D eigenvalue weighted by molar-refractivity contribution is 0.879. The first-order valence-corrected chi connectivity index (χ1v) is 8.01. The molecule has 1 aromatic heterocycles. The van der Waals surface area contributed by atoms with Crippen molar-refractivity contribution in [1.29, 1.82) is 5.41 Å². The molecule has 0 amide bonds. The number of nitrogens with one attached hydrogen (secondary N) is 2. The van der Waals surface area contributed by atoms with E-state index in [4.69, 9.17) is 5.41 Å². The highest BCUT2D eigenvalue weighted by molar-refractivity contribution is 6.27. The Morgan fingerprint density at radius 3 is 2.56 bits per heavy atom. The van der Waals surface area contributed by atoms with E-state index in [0.717, 1.165) is 22.5 Å². The minimum atomic E-state index is 0.331. The van der Waals surface area contributed by atoms with E-state index in [9.17, 15) is 0 Å². The second-order valence-corrected chi connectivity index (χ2v) is 5.61. The summed E-state index contributed by atoms with van der Waals surface area (Å²) in [6.45, 7) is 8.34. The van der Waals surface area contributed by atoms with E-state index in [0.29, 0.717) is 17.8 Å². The molecule has 0 aliphatic rings. The van der Waals surface area contributed by atoms with Crippen molar-refractivity contribution in [2.24, 2.45) is 0 Å². The number of rotatable bonds is 7. The van der Waals surface area contributed by atoms with E-state index in [-0.39, 0.29) is 0 Å². The fourth-order valence-electron chi connectivity index (χ4n) is 2.55. The molecule has 0 saturated carbocycles. The number of anilines is 1. The van der Waals surface area contributed by atoms with Crippen molar-refractivity contribution in [2.75, 3.05) is 5.32 Å². The van der Waals surface area contributed by atoms with Crippen LogP contribution in [-0.4, -0.2) is 15.5 Å². The Morgan fingerprint density at radius 2 is 1.88 bits per heavy atom. The van der Waals surface area contributed by atoms with E-state index in [1.165, 1.54) is 6.08 Å². The van der Waals surface area contributed by atoms with Gasteiger partial charge in [0.25, 0.3) is 0 Å². The van der Waals surface area contributed by atoms with Gasteiger partial charge in [-0.05, 0) is 35.9 Å². The molecule has 2 N–H and O–H groups in total. The van der Waals surface area contributed by atoms with Gasteiger partial charge in [0.2, 0.25) is 0 Å². The predicted molar refractivity (Wildman–Crippen MR) is 104 cm³/mol. The lowest BCUT2D eigenvalue weighted by Crippen LogP contribution is -2.04. The first-order valence-electron chi connectivity index (χ1n) is 8.01. The van der Waals surface area contributed by atoms with Gasteiger partial charge in [-0.3, -0.25) is 0 Å². The Hall–Kier alpha value is -3.40. The maximum absolute atomic E-state index is 7.91. The van der Waals surface area contributed by atoms with Crippen molar-refractivity contribution >= 4 is 17.0 Å². The highest BCUT2D eigenvalue weighted by Gasteiger charge is 2.08.